The number of nitrogens with zero attached hydrogens (tertiary/aromatic N) is 4. The molecule has 0 atom stereocenters. The van der Waals surface area contributed by atoms with E-state index in [2.05, 4.69) is 45.5 Å². The van der Waals surface area contributed by atoms with Gasteiger partial charge in [-0.2, -0.15) is 0 Å². The van der Waals surface area contributed by atoms with E-state index in [0.29, 0.717) is 19.0 Å². The van der Waals surface area contributed by atoms with E-state index in [1.807, 2.05) is 12.1 Å². The number of hydrogen-bond donors (Lipinski definition) is 1. The predicted octanol–water partition coefficient (Wildman–Crippen LogP) is 3.52. The number of carbonyl (C=O) groups excluding carboxylic acids is 1. The summed E-state index contributed by atoms with van der Waals surface area (Å²) in [5.41, 5.74) is 3.37. The van der Waals surface area contributed by atoms with Gasteiger partial charge in [0.05, 0.1) is 0 Å². The number of carbonyl (C=O) groups is 1. The first kappa shape index (κ1) is 16.6. The number of aromatic nitrogens is 2. The maximum atomic E-state index is 12.3. The summed E-state index contributed by atoms with van der Waals surface area (Å²) in [6, 6.07) is 8.01. The highest BCUT2D eigenvalue weighted by Gasteiger charge is 2.19. The molecule has 0 spiro atoms. The maximum Gasteiger partial charge on any atom is 0.325 e. The van der Waals surface area contributed by atoms with E-state index in [1.165, 1.54) is 24.1 Å². The van der Waals surface area contributed by atoms with Gasteiger partial charge in [-0.3, -0.25) is 5.32 Å². The Hall–Kier alpha value is -2.83. The predicted molar refractivity (Wildman–Crippen MR) is 100 cm³/mol. The van der Waals surface area contributed by atoms with Crippen molar-refractivity contribution in [1.29, 1.82) is 0 Å². The van der Waals surface area contributed by atoms with Crippen LogP contribution in [-0.4, -0.2) is 47.3 Å². The lowest BCUT2D eigenvalue weighted by Crippen LogP contribution is -2.37. The molecule has 7 heteroatoms. The van der Waals surface area contributed by atoms with Crippen molar-refractivity contribution in [3.63, 3.8) is 0 Å². The Morgan fingerprint density at radius 1 is 1.12 bits per heavy atom. The fourth-order valence-corrected chi connectivity index (χ4v) is 3.31. The molecule has 1 aromatic carbocycles. The van der Waals surface area contributed by atoms with Gasteiger partial charge in [0.2, 0.25) is 5.89 Å². The standard InChI is InChI=1S/C19H23N5O2/c1-14-8-12-24(13-9-14)19(25)20-18-22-21-17(26-18)15-4-6-16(7-5-15)23-10-2-3-11-23/h4-8H,2-3,9-13H2,1H3,(H,20,22,25). The van der Waals surface area contributed by atoms with Crippen molar-refractivity contribution in [1.82, 2.24) is 15.1 Å². The van der Waals surface area contributed by atoms with Crippen molar-refractivity contribution in [3.05, 3.63) is 35.9 Å². The van der Waals surface area contributed by atoms with Gasteiger partial charge in [0.25, 0.3) is 0 Å². The third kappa shape index (κ3) is 3.56. The minimum atomic E-state index is -0.215. The summed E-state index contributed by atoms with van der Waals surface area (Å²) in [6.07, 6.45) is 5.46. The van der Waals surface area contributed by atoms with Gasteiger partial charge in [0, 0.05) is 37.4 Å². The number of benzene rings is 1. The van der Waals surface area contributed by atoms with Crippen molar-refractivity contribution >= 4 is 17.7 Å². The highest BCUT2D eigenvalue weighted by molar-refractivity contribution is 5.87. The van der Waals surface area contributed by atoms with Crippen molar-refractivity contribution in [2.45, 2.75) is 26.2 Å². The van der Waals surface area contributed by atoms with Gasteiger partial charge in [-0.25, -0.2) is 4.79 Å². The minimum Gasteiger partial charge on any atom is -0.403 e. The van der Waals surface area contributed by atoms with Crippen LogP contribution in [0.25, 0.3) is 11.5 Å². The lowest BCUT2D eigenvalue weighted by Gasteiger charge is -2.24. The SMILES string of the molecule is CC1=CCN(C(=O)Nc2nnc(-c3ccc(N4CCCC4)cc3)o2)CC1. The molecule has 2 amide bonds. The number of anilines is 2. The summed E-state index contributed by atoms with van der Waals surface area (Å²) < 4.78 is 5.61. The van der Waals surface area contributed by atoms with Crippen LogP contribution in [0.1, 0.15) is 26.2 Å². The first-order valence-electron chi connectivity index (χ1n) is 9.09. The van der Waals surface area contributed by atoms with E-state index in [0.717, 1.165) is 25.1 Å². The van der Waals surface area contributed by atoms with Gasteiger partial charge in [0.1, 0.15) is 0 Å². The smallest absolute Gasteiger partial charge is 0.325 e. The van der Waals surface area contributed by atoms with Crippen LogP contribution in [-0.2, 0) is 0 Å². The van der Waals surface area contributed by atoms with E-state index >= 15 is 0 Å². The topological polar surface area (TPSA) is 74.5 Å². The van der Waals surface area contributed by atoms with Gasteiger partial charge in [-0.15, -0.1) is 5.10 Å². The lowest BCUT2D eigenvalue weighted by atomic mass is 10.1. The van der Waals surface area contributed by atoms with Crippen LogP contribution in [0, 0.1) is 0 Å². The third-order valence-electron chi connectivity index (χ3n) is 4.95. The molecule has 0 saturated carbocycles. The monoisotopic (exact) mass is 353 g/mol. The molecule has 0 aliphatic carbocycles. The third-order valence-corrected chi connectivity index (χ3v) is 4.95. The Kier molecular flexibility index (Phi) is 4.60. The van der Waals surface area contributed by atoms with Crippen molar-refractivity contribution < 1.29 is 9.21 Å². The van der Waals surface area contributed by atoms with Crippen molar-refractivity contribution in [2.75, 3.05) is 36.4 Å². The number of amides is 2. The molecule has 3 heterocycles. The van der Waals surface area contributed by atoms with Gasteiger partial charge >= 0.3 is 12.0 Å². The first-order chi connectivity index (χ1) is 12.7. The molecule has 136 valence electrons. The van der Waals surface area contributed by atoms with Crippen LogP contribution in [0.5, 0.6) is 0 Å². The highest BCUT2D eigenvalue weighted by Crippen LogP contribution is 2.25. The van der Waals surface area contributed by atoms with Gasteiger partial charge in [-0.05, 0) is 50.5 Å². The lowest BCUT2D eigenvalue weighted by molar-refractivity contribution is 0.215. The van der Waals surface area contributed by atoms with Crippen LogP contribution in [0.15, 0.2) is 40.3 Å². The molecule has 1 aromatic heterocycles. The number of rotatable bonds is 3. The normalized spacial score (nSPS) is 17.3. The molecule has 0 bridgehead atoms. The Morgan fingerprint density at radius 3 is 2.58 bits per heavy atom. The summed E-state index contributed by atoms with van der Waals surface area (Å²) >= 11 is 0. The summed E-state index contributed by atoms with van der Waals surface area (Å²) in [5, 5.41) is 10.7. The Bertz CT molecular complexity index is 806. The van der Waals surface area contributed by atoms with Crippen LogP contribution in [0.3, 0.4) is 0 Å². The average Bonchev–Trinajstić information content (AvgIpc) is 3.34. The highest BCUT2D eigenvalue weighted by atomic mass is 16.4. The van der Waals surface area contributed by atoms with Gasteiger partial charge < -0.3 is 14.2 Å². The van der Waals surface area contributed by atoms with Gasteiger partial charge in [0.15, 0.2) is 0 Å². The summed E-state index contributed by atoms with van der Waals surface area (Å²) in [5.74, 6) is 0.405. The average molecular weight is 353 g/mol. The molecule has 1 saturated heterocycles. The summed E-state index contributed by atoms with van der Waals surface area (Å²) in [6.45, 7) is 5.61. The second-order valence-corrected chi connectivity index (χ2v) is 6.83. The molecular formula is C19H23N5O2. The largest absolute Gasteiger partial charge is 0.403 e. The molecule has 2 aliphatic heterocycles. The molecule has 26 heavy (non-hydrogen) atoms. The molecule has 0 unspecified atom stereocenters. The Balaban J connectivity index is 1.40. The molecule has 2 aliphatic rings. The van der Waals surface area contributed by atoms with Crippen molar-refractivity contribution in [2.24, 2.45) is 0 Å². The van der Waals surface area contributed by atoms with E-state index in [-0.39, 0.29) is 12.0 Å². The van der Waals surface area contributed by atoms with Gasteiger partial charge in [-0.1, -0.05) is 16.7 Å². The zero-order valence-corrected chi connectivity index (χ0v) is 14.9. The molecule has 7 nitrogen and oxygen atoms in total. The van der Waals surface area contributed by atoms with Crippen LogP contribution >= 0.6 is 0 Å². The van der Waals surface area contributed by atoms with E-state index < -0.39 is 0 Å². The zero-order chi connectivity index (χ0) is 17.9. The van der Waals surface area contributed by atoms with E-state index in [9.17, 15) is 4.79 Å². The molecule has 4 rings (SSSR count). The molecule has 0 radical (unpaired) electrons. The molecule has 2 aromatic rings. The van der Waals surface area contributed by atoms with E-state index in [1.54, 1.807) is 4.90 Å². The number of nitrogens with one attached hydrogen (secondary N) is 1. The van der Waals surface area contributed by atoms with Crippen LogP contribution < -0.4 is 10.2 Å². The van der Waals surface area contributed by atoms with E-state index in [4.69, 9.17) is 4.42 Å². The van der Waals surface area contributed by atoms with Crippen molar-refractivity contribution in [3.8, 4) is 11.5 Å². The Labute approximate surface area is 152 Å². The number of urea groups is 1. The fourth-order valence-electron chi connectivity index (χ4n) is 3.31. The fraction of sp³-hybridized carbons (Fsp3) is 0.421. The van der Waals surface area contributed by atoms with Crippen LogP contribution in [0.2, 0.25) is 0 Å². The number of hydrogen-bond acceptors (Lipinski definition) is 5. The quantitative estimate of drug-likeness (QED) is 0.855. The second kappa shape index (κ2) is 7.19. The Morgan fingerprint density at radius 2 is 1.88 bits per heavy atom. The minimum absolute atomic E-state index is 0.125. The van der Waals surface area contributed by atoms with Crippen LogP contribution in [0.4, 0.5) is 16.5 Å². The second-order valence-electron chi connectivity index (χ2n) is 6.83. The molecule has 1 fully saturated rings. The molecule has 1 N–H and O–H groups in total. The summed E-state index contributed by atoms with van der Waals surface area (Å²) in [4.78, 5) is 16.4. The molecular weight excluding hydrogens is 330 g/mol. The first-order valence-corrected chi connectivity index (χ1v) is 9.09. The maximum absolute atomic E-state index is 12.3. The zero-order valence-electron chi connectivity index (χ0n) is 14.9. The summed E-state index contributed by atoms with van der Waals surface area (Å²) in [7, 11) is 0.